The molecule has 0 bridgehead atoms. The van der Waals surface area contributed by atoms with Gasteiger partial charge in [-0.05, 0) is 12.1 Å². The SMILES string of the molecule is COc1cc(C(=O)O)c([N+](=O)[O-])c(C(C)c2cc(OC)c(C(=O)O)cc2[N+](=O)[O-])c1. The summed E-state index contributed by atoms with van der Waals surface area (Å²) in [5, 5.41) is 41.8. The van der Waals surface area contributed by atoms with Crippen molar-refractivity contribution < 1.29 is 39.1 Å². The number of methoxy groups -OCH3 is 2. The minimum atomic E-state index is -1.58. The Morgan fingerprint density at radius 1 is 0.900 bits per heavy atom. The van der Waals surface area contributed by atoms with Gasteiger partial charge in [-0.1, -0.05) is 6.92 Å². The number of ether oxygens (including phenoxy) is 2. The van der Waals surface area contributed by atoms with Crippen molar-refractivity contribution in [2.45, 2.75) is 12.8 Å². The van der Waals surface area contributed by atoms with E-state index < -0.39 is 50.2 Å². The van der Waals surface area contributed by atoms with E-state index in [4.69, 9.17) is 9.47 Å². The molecule has 0 fully saturated rings. The molecule has 0 aliphatic heterocycles. The Balaban J connectivity index is 2.89. The lowest BCUT2D eigenvalue weighted by molar-refractivity contribution is -0.386. The average Bonchev–Trinajstić information content (AvgIpc) is 2.70. The van der Waals surface area contributed by atoms with Crippen LogP contribution in [0.3, 0.4) is 0 Å². The third-order valence-electron chi connectivity index (χ3n) is 4.47. The van der Waals surface area contributed by atoms with Crippen LogP contribution in [0.1, 0.15) is 44.7 Å². The van der Waals surface area contributed by atoms with Crippen LogP contribution < -0.4 is 9.47 Å². The topological polar surface area (TPSA) is 179 Å². The maximum Gasteiger partial charge on any atom is 0.342 e. The van der Waals surface area contributed by atoms with Crippen molar-refractivity contribution in [2.75, 3.05) is 14.2 Å². The Bertz CT molecular complexity index is 1060. The zero-order valence-electron chi connectivity index (χ0n) is 15.9. The van der Waals surface area contributed by atoms with E-state index in [-0.39, 0.29) is 22.6 Å². The van der Waals surface area contributed by atoms with Crippen molar-refractivity contribution in [3.63, 3.8) is 0 Å². The van der Waals surface area contributed by atoms with E-state index in [1.165, 1.54) is 27.2 Å². The molecule has 30 heavy (non-hydrogen) atoms. The van der Waals surface area contributed by atoms with Crippen LogP contribution in [0.2, 0.25) is 0 Å². The quantitative estimate of drug-likeness (QED) is 0.476. The zero-order chi connectivity index (χ0) is 22.7. The largest absolute Gasteiger partial charge is 0.497 e. The van der Waals surface area contributed by atoms with Gasteiger partial charge in [-0.3, -0.25) is 20.2 Å². The Labute approximate surface area is 168 Å². The number of rotatable bonds is 8. The summed E-state index contributed by atoms with van der Waals surface area (Å²) in [5.74, 6) is -4.33. The number of benzene rings is 2. The van der Waals surface area contributed by atoms with Crippen LogP contribution in [0.5, 0.6) is 11.5 Å². The Morgan fingerprint density at radius 3 is 1.93 bits per heavy atom. The molecule has 0 saturated carbocycles. The second kappa shape index (κ2) is 8.43. The van der Waals surface area contributed by atoms with Crippen LogP contribution in [0.25, 0.3) is 0 Å². The summed E-state index contributed by atoms with van der Waals surface area (Å²) in [4.78, 5) is 44.4. The van der Waals surface area contributed by atoms with Crippen LogP contribution >= 0.6 is 0 Å². The summed E-state index contributed by atoms with van der Waals surface area (Å²) < 4.78 is 10.0. The smallest absolute Gasteiger partial charge is 0.342 e. The lowest BCUT2D eigenvalue weighted by atomic mass is 9.88. The fourth-order valence-corrected chi connectivity index (χ4v) is 3.04. The minimum Gasteiger partial charge on any atom is -0.497 e. The molecule has 2 aromatic carbocycles. The van der Waals surface area contributed by atoms with Gasteiger partial charge < -0.3 is 19.7 Å². The van der Waals surface area contributed by atoms with Crippen LogP contribution in [-0.4, -0.2) is 46.2 Å². The van der Waals surface area contributed by atoms with Gasteiger partial charge in [-0.15, -0.1) is 0 Å². The molecule has 2 aromatic rings. The van der Waals surface area contributed by atoms with E-state index in [2.05, 4.69) is 0 Å². The number of hydrogen-bond acceptors (Lipinski definition) is 8. The van der Waals surface area contributed by atoms with Gasteiger partial charge in [-0.2, -0.15) is 0 Å². The maximum absolute atomic E-state index is 11.6. The fourth-order valence-electron chi connectivity index (χ4n) is 3.04. The molecule has 0 aliphatic rings. The second-order valence-electron chi connectivity index (χ2n) is 6.07. The number of nitro groups is 2. The van der Waals surface area contributed by atoms with E-state index in [0.29, 0.717) is 0 Å². The first-order valence-electron chi connectivity index (χ1n) is 8.22. The molecule has 1 atom stereocenters. The Hall–Kier alpha value is -4.22. The summed E-state index contributed by atoms with van der Waals surface area (Å²) in [7, 11) is 2.40. The van der Waals surface area contributed by atoms with E-state index >= 15 is 0 Å². The summed E-state index contributed by atoms with van der Waals surface area (Å²) in [6, 6.07) is 4.06. The number of aromatic carboxylic acids is 2. The standard InChI is InChI=1S/C18H16N2O10/c1-8(10-7-15(30-3)12(17(21)22)6-14(10)19(25)26)11-4-9(29-2)5-13(18(23)24)16(11)20(27)28/h4-8H,1-3H3,(H,21,22)(H,23,24). The van der Waals surface area contributed by atoms with Crippen molar-refractivity contribution in [3.8, 4) is 11.5 Å². The van der Waals surface area contributed by atoms with Crippen LogP contribution in [0.4, 0.5) is 11.4 Å². The zero-order valence-corrected chi connectivity index (χ0v) is 15.9. The highest BCUT2D eigenvalue weighted by molar-refractivity contribution is 5.94. The molecule has 0 radical (unpaired) electrons. The van der Waals surface area contributed by atoms with Gasteiger partial charge >= 0.3 is 11.9 Å². The van der Waals surface area contributed by atoms with E-state index in [9.17, 15) is 40.0 Å². The number of carboxylic acid groups (broad SMARTS) is 2. The average molecular weight is 420 g/mol. The van der Waals surface area contributed by atoms with Crippen molar-refractivity contribution >= 4 is 23.3 Å². The maximum atomic E-state index is 11.6. The first-order chi connectivity index (χ1) is 14.0. The molecular weight excluding hydrogens is 404 g/mol. The monoisotopic (exact) mass is 420 g/mol. The van der Waals surface area contributed by atoms with Crippen LogP contribution in [0.15, 0.2) is 24.3 Å². The normalized spacial score (nSPS) is 11.4. The molecule has 0 aliphatic carbocycles. The van der Waals surface area contributed by atoms with Crippen molar-refractivity contribution in [1.29, 1.82) is 0 Å². The second-order valence-corrected chi connectivity index (χ2v) is 6.07. The van der Waals surface area contributed by atoms with Gasteiger partial charge in [0.15, 0.2) is 0 Å². The van der Waals surface area contributed by atoms with Gasteiger partial charge in [0.25, 0.3) is 11.4 Å². The predicted molar refractivity (Wildman–Crippen MR) is 101 cm³/mol. The van der Waals surface area contributed by atoms with Crippen molar-refractivity contribution in [2.24, 2.45) is 0 Å². The molecule has 0 aromatic heterocycles. The highest BCUT2D eigenvalue weighted by atomic mass is 16.6. The third kappa shape index (κ3) is 3.97. The minimum absolute atomic E-state index is 0.00313. The number of hydrogen-bond donors (Lipinski definition) is 2. The van der Waals surface area contributed by atoms with Gasteiger partial charge in [0.05, 0.1) is 24.1 Å². The first kappa shape index (κ1) is 22.1. The van der Waals surface area contributed by atoms with E-state index in [1.54, 1.807) is 0 Å². The highest BCUT2D eigenvalue weighted by Gasteiger charge is 2.33. The Morgan fingerprint density at radius 2 is 1.50 bits per heavy atom. The number of nitro benzene ring substituents is 2. The fraction of sp³-hybridized carbons (Fsp3) is 0.222. The van der Waals surface area contributed by atoms with Crippen LogP contribution in [-0.2, 0) is 0 Å². The summed E-state index contributed by atoms with van der Waals surface area (Å²) >= 11 is 0. The molecule has 158 valence electrons. The third-order valence-corrected chi connectivity index (χ3v) is 4.47. The molecule has 0 saturated heterocycles. The predicted octanol–water partition coefficient (Wildman–Crippen LogP) is 3.07. The van der Waals surface area contributed by atoms with E-state index in [0.717, 1.165) is 18.2 Å². The molecule has 0 heterocycles. The number of carboxylic acids is 2. The summed E-state index contributed by atoms with van der Waals surface area (Å²) in [6.45, 7) is 1.38. The van der Waals surface area contributed by atoms with Gasteiger partial charge in [-0.25, -0.2) is 9.59 Å². The lowest BCUT2D eigenvalue weighted by Gasteiger charge is -2.17. The first-order valence-corrected chi connectivity index (χ1v) is 8.22. The molecule has 2 rings (SSSR count). The van der Waals surface area contributed by atoms with Crippen molar-refractivity contribution in [1.82, 2.24) is 0 Å². The Kier molecular flexibility index (Phi) is 6.20. The number of carbonyl (C=O) groups is 2. The van der Waals surface area contributed by atoms with Gasteiger partial charge in [0.2, 0.25) is 0 Å². The molecule has 1 unspecified atom stereocenters. The van der Waals surface area contributed by atoms with Crippen molar-refractivity contribution in [3.05, 3.63) is 66.7 Å². The number of nitrogens with zero attached hydrogens (tertiary/aromatic N) is 2. The molecule has 12 nitrogen and oxygen atoms in total. The molecule has 0 spiro atoms. The van der Waals surface area contributed by atoms with Gasteiger partial charge in [0, 0.05) is 29.2 Å². The highest BCUT2D eigenvalue weighted by Crippen LogP contribution is 2.42. The molecular formula is C18H16N2O10. The summed E-state index contributed by atoms with van der Waals surface area (Å²) in [6.07, 6.45) is 0. The van der Waals surface area contributed by atoms with Crippen LogP contribution in [0, 0.1) is 20.2 Å². The van der Waals surface area contributed by atoms with E-state index in [1.807, 2.05) is 0 Å². The van der Waals surface area contributed by atoms with Gasteiger partial charge in [0.1, 0.15) is 22.6 Å². The molecule has 2 N–H and O–H groups in total. The lowest BCUT2D eigenvalue weighted by Crippen LogP contribution is -2.11. The summed E-state index contributed by atoms with van der Waals surface area (Å²) in [5.41, 5.74) is -2.76. The molecule has 0 amide bonds. The molecule has 12 heteroatoms.